The summed E-state index contributed by atoms with van der Waals surface area (Å²) in [5.41, 5.74) is 4.15. The van der Waals surface area contributed by atoms with Crippen LogP contribution in [0.3, 0.4) is 0 Å². The maximum Gasteiger partial charge on any atom is 0.244 e. The molecule has 3 aromatic heterocycles. The Morgan fingerprint density at radius 1 is 1.13 bits per heavy atom. The van der Waals surface area contributed by atoms with E-state index >= 15 is 0 Å². The molecule has 0 aliphatic rings. The molecule has 0 fully saturated rings. The van der Waals surface area contributed by atoms with E-state index in [9.17, 15) is 4.79 Å². The highest BCUT2D eigenvalue weighted by molar-refractivity contribution is 7.13. The maximum absolute atomic E-state index is 12.3. The third-order valence-electron chi connectivity index (χ3n) is 4.77. The van der Waals surface area contributed by atoms with Gasteiger partial charge in [0.15, 0.2) is 0 Å². The van der Waals surface area contributed by atoms with E-state index in [0.29, 0.717) is 13.1 Å². The van der Waals surface area contributed by atoms with Crippen molar-refractivity contribution < 1.29 is 4.79 Å². The van der Waals surface area contributed by atoms with Crippen molar-refractivity contribution in [2.45, 2.75) is 26.4 Å². The molecule has 0 unspecified atom stereocenters. The van der Waals surface area contributed by atoms with Crippen molar-refractivity contribution in [3.05, 3.63) is 89.2 Å². The fourth-order valence-electron chi connectivity index (χ4n) is 3.28. The smallest absolute Gasteiger partial charge is 0.244 e. The van der Waals surface area contributed by atoms with Crippen molar-refractivity contribution in [3.8, 4) is 10.6 Å². The van der Waals surface area contributed by atoms with Gasteiger partial charge in [-0.15, -0.1) is 11.3 Å². The van der Waals surface area contributed by atoms with Crippen LogP contribution in [0.15, 0.2) is 72.5 Å². The van der Waals surface area contributed by atoms with Gasteiger partial charge in [-0.3, -0.25) is 14.2 Å². The number of nitrogens with zero attached hydrogens (tertiary/aromatic N) is 4. The number of rotatable bonds is 9. The van der Waals surface area contributed by atoms with E-state index in [1.807, 2.05) is 76.7 Å². The van der Waals surface area contributed by atoms with Crippen molar-refractivity contribution in [2.75, 3.05) is 6.54 Å². The molecule has 158 valence electrons. The molecule has 6 nitrogen and oxygen atoms in total. The summed E-state index contributed by atoms with van der Waals surface area (Å²) in [7, 11) is 0. The molecule has 7 heteroatoms. The average molecular weight is 432 g/mol. The number of aryl methyl sites for hydroxylation is 2. The average Bonchev–Trinajstić information content (AvgIpc) is 3.52. The van der Waals surface area contributed by atoms with Gasteiger partial charge < -0.3 is 5.32 Å². The van der Waals surface area contributed by atoms with E-state index in [2.05, 4.69) is 22.5 Å². The van der Waals surface area contributed by atoms with Gasteiger partial charge >= 0.3 is 0 Å². The van der Waals surface area contributed by atoms with Gasteiger partial charge in [0.05, 0.1) is 17.6 Å². The van der Waals surface area contributed by atoms with Gasteiger partial charge in [0, 0.05) is 37.1 Å². The molecule has 1 aromatic carbocycles. The molecule has 0 bridgehead atoms. The minimum Gasteiger partial charge on any atom is -0.352 e. The number of aromatic nitrogens is 4. The number of thiophene rings is 1. The highest BCUT2D eigenvalue weighted by Gasteiger charge is 2.11. The molecule has 0 radical (unpaired) electrons. The van der Waals surface area contributed by atoms with Crippen LogP contribution in [-0.2, 0) is 17.9 Å². The molecule has 0 aliphatic heterocycles. The van der Waals surface area contributed by atoms with Gasteiger partial charge in [0.1, 0.15) is 5.69 Å². The zero-order valence-corrected chi connectivity index (χ0v) is 18.3. The standard InChI is InChI=1S/C24H25N5OS/c1-19-15-26-28(16-19)13-6-12-25-23(30)11-10-21-18-29(17-20-7-3-2-4-8-20)27-24(21)22-9-5-14-31-22/h2-5,7-11,14-16,18H,6,12-13,17H2,1H3,(H,25,30)/b11-10+. The lowest BCUT2D eigenvalue weighted by atomic mass is 10.2. The fraction of sp³-hybridized carbons (Fsp3) is 0.208. The number of benzene rings is 1. The first-order valence-electron chi connectivity index (χ1n) is 10.3. The first kappa shape index (κ1) is 20.8. The predicted octanol–water partition coefficient (Wildman–Crippen LogP) is 4.38. The van der Waals surface area contributed by atoms with Crippen LogP contribution < -0.4 is 5.32 Å². The van der Waals surface area contributed by atoms with E-state index in [1.54, 1.807) is 17.4 Å². The van der Waals surface area contributed by atoms with E-state index < -0.39 is 0 Å². The number of amides is 1. The Kier molecular flexibility index (Phi) is 6.74. The number of hydrogen-bond donors (Lipinski definition) is 1. The van der Waals surface area contributed by atoms with Crippen LogP contribution in [0, 0.1) is 6.92 Å². The number of carbonyl (C=O) groups is 1. The predicted molar refractivity (Wildman–Crippen MR) is 125 cm³/mol. The van der Waals surface area contributed by atoms with E-state index in [1.165, 1.54) is 5.56 Å². The Balaban J connectivity index is 1.38. The molecule has 4 rings (SSSR count). The van der Waals surface area contributed by atoms with E-state index in [-0.39, 0.29) is 5.91 Å². The summed E-state index contributed by atoms with van der Waals surface area (Å²) in [6.45, 7) is 4.09. The first-order valence-corrected chi connectivity index (χ1v) is 11.2. The Labute approximate surface area is 185 Å². The summed E-state index contributed by atoms with van der Waals surface area (Å²) in [5.74, 6) is -0.107. The molecule has 1 amide bonds. The highest BCUT2D eigenvalue weighted by atomic mass is 32.1. The van der Waals surface area contributed by atoms with Crippen LogP contribution in [0.1, 0.15) is 23.1 Å². The molecular weight excluding hydrogens is 406 g/mol. The topological polar surface area (TPSA) is 64.7 Å². The van der Waals surface area contributed by atoms with E-state index in [4.69, 9.17) is 5.10 Å². The van der Waals surface area contributed by atoms with Crippen LogP contribution in [0.25, 0.3) is 16.6 Å². The van der Waals surface area contributed by atoms with Crippen LogP contribution in [0.2, 0.25) is 0 Å². The van der Waals surface area contributed by atoms with Gasteiger partial charge in [-0.2, -0.15) is 10.2 Å². The molecule has 3 heterocycles. The fourth-order valence-corrected chi connectivity index (χ4v) is 4.01. The lowest BCUT2D eigenvalue weighted by Gasteiger charge is -2.02. The van der Waals surface area contributed by atoms with Gasteiger partial charge in [-0.25, -0.2) is 0 Å². The molecule has 31 heavy (non-hydrogen) atoms. The summed E-state index contributed by atoms with van der Waals surface area (Å²) in [5, 5.41) is 14.0. The Hall–Kier alpha value is -3.45. The molecule has 0 aliphatic carbocycles. The van der Waals surface area contributed by atoms with Gasteiger partial charge in [-0.05, 0) is 42.0 Å². The minimum atomic E-state index is -0.107. The largest absolute Gasteiger partial charge is 0.352 e. The summed E-state index contributed by atoms with van der Waals surface area (Å²) in [4.78, 5) is 13.4. The van der Waals surface area contributed by atoms with Crippen molar-refractivity contribution in [1.82, 2.24) is 24.9 Å². The van der Waals surface area contributed by atoms with Gasteiger partial charge in [-0.1, -0.05) is 36.4 Å². The number of carbonyl (C=O) groups excluding carboxylic acids is 1. The summed E-state index contributed by atoms with van der Waals surface area (Å²) < 4.78 is 3.82. The van der Waals surface area contributed by atoms with Crippen LogP contribution in [-0.4, -0.2) is 32.0 Å². The van der Waals surface area contributed by atoms with Crippen LogP contribution in [0.5, 0.6) is 0 Å². The second kappa shape index (κ2) is 10.0. The maximum atomic E-state index is 12.3. The Bertz CT molecular complexity index is 1140. The molecular formula is C24H25N5OS. The SMILES string of the molecule is Cc1cnn(CCCNC(=O)/C=C/c2cn(Cc3ccccc3)nc2-c2cccs2)c1. The third kappa shape index (κ3) is 5.79. The van der Waals surface area contributed by atoms with Crippen molar-refractivity contribution in [2.24, 2.45) is 0 Å². The zero-order chi connectivity index (χ0) is 21.5. The Morgan fingerprint density at radius 3 is 2.74 bits per heavy atom. The zero-order valence-electron chi connectivity index (χ0n) is 17.4. The lowest BCUT2D eigenvalue weighted by Crippen LogP contribution is -2.23. The second-order valence-electron chi connectivity index (χ2n) is 7.35. The van der Waals surface area contributed by atoms with Crippen molar-refractivity contribution in [1.29, 1.82) is 0 Å². The molecule has 0 saturated heterocycles. The number of nitrogens with one attached hydrogen (secondary N) is 1. The van der Waals surface area contributed by atoms with Crippen LogP contribution >= 0.6 is 11.3 Å². The molecule has 1 N–H and O–H groups in total. The number of hydrogen-bond acceptors (Lipinski definition) is 4. The quantitative estimate of drug-likeness (QED) is 0.316. The molecule has 0 spiro atoms. The summed E-state index contributed by atoms with van der Waals surface area (Å²) >= 11 is 1.64. The van der Waals surface area contributed by atoms with Gasteiger partial charge in [0.25, 0.3) is 0 Å². The summed E-state index contributed by atoms with van der Waals surface area (Å²) in [6.07, 6.45) is 10.1. The van der Waals surface area contributed by atoms with E-state index in [0.717, 1.165) is 34.7 Å². The first-order chi connectivity index (χ1) is 15.2. The Morgan fingerprint density at radius 2 is 2.00 bits per heavy atom. The third-order valence-corrected chi connectivity index (χ3v) is 5.65. The van der Waals surface area contributed by atoms with Crippen molar-refractivity contribution >= 4 is 23.3 Å². The second-order valence-corrected chi connectivity index (χ2v) is 8.30. The minimum absolute atomic E-state index is 0.107. The van der Waals surface area contributed by atoms with Gasteiger partial charge in [0.2, 0.25) is 5.91 Å². The summed E-state index contributed by atoms with van der Waals surface area (Å²) in [6, 6.07) is 14.3. The monoisotopic (exact) mass is 431 g/mol. The molecule has 0 saturated carbocycles. The normalized spacial score (nSPS) is 11.3. The van der Waals surface area contributed by atoms with Crippen molar-refractivity contribution in [3.63, 3.8) is 0 Å². The highest BCUT2D eigenvalue weighted by Crippen LogP contribution is 2.27. The molecule has 4 aromatic rings. The van der Waals surface area contributed by atoms with Crippen LogP contribution in [0.4, 0.5) is 0 Å². The molecule has 0 atom stereocenters. The lowest BCUT2D eigenvalue weighted by molar-refractivity contribution is -0.116.